The lowest BCUT2D eigenvalue weighted by Crippen LogP contribution is -2.20. The molecule has 1 aliphatic carbocycles. The maximum Gasteiger partial charge on any atom is 0.404 e. The number of halogens is 1. The second kappa shape index (κ2) is 4.01. The third-order valence-corrected chi connectivity index (χ3v) is 3.40. The topological polar surface area (TPSA) is 62.3 Å². The molecule has 0 aromatic heterocycles. The number of carbonyl (C=O) groups is 2. The van der Waals surface area contributed by atoms with Crippen LogP contribution in [-0.4, -0.2) is 11.6 Å². The van der Waals surface area contributed by atoms with E-state index < -0.39 is 0 Å². The van der Waals surface area contributed by atoms with Crippen molar-refractivity contribution in [2.45, 2.75) is 0 Å². The van der Waals surface area contributed by atoms with E-state index >= 15 is 0 Å². The van der Waals surface area contributed by atoms with Crippen LogP contribution in [0, 0.1) is 5.39 Å². The van der Waals surface area contributed by atoms with Gasteiger partial charge in [-0.05, 0) is 6.07 Å². The molecular formula is C14H6ClN2O2+. The fourth-order valence-electron chi connectivity index (χ4n) is 2.18. The van der Waals surface area contributed by atoms with E-state index in [1.807, 2.05) is 0 Å². The highest BCUT2D eigenvalue weighted by Crippen LogP contribution is 2.34. The summed E-state index contributed by atoms with van der Waals surface area (Å²) in [6, 6.07) is 9.30. The van der Waals surface area contributed by atoms with Gasteiger partial charge in [0.05, 0.1) is 0 Å². The third-order valence-electron chi connectivity index (χ3n) is 3.10. The minimum atomic E-state index is -0.272. The van der Waals surface area contributed by atoms with Crippen LogP contribution in [0.25, 0.3) is 4.98 Å². The van der Waals surface area contributed by atoms with E-state index in [1.54, 1.807) is 24.3 Å². The summed E-state index contributed by atoms with van der Waals surface area (Å²) in [5, 5.41) is 8.94. The maximum atomic E-state index is 12.3. The smallest absolute Gasteiger partial charge is 0.289 e. The quantitative estimate of drug-likeness (QED) is 0.586. The predicted molar refractivity (Wildman–Crippen MR) is 69.5 cm³/mol. The van der Waals surface area contributed by atoms with Crippen LogP contribution in [-0.2, 0) is 0 Å². The van der Waals surface area contributed by atoms with Gasteiger partial charge in [0.25, 0.3) is 0 Å². The highest BCUT2D eigenvalue weighted by Gasteiger charge is 2.32. The Kier molecular flexibility index (Phi) is 2.44. The van der Waals surface area contributed by atoms with Gasteiger partial charge in [0.2, 0.25) is 5.39 Å². The number of rotatable bonds is 0. The van der Waals surface area contributed by atoms with Crippen LogP contribution in [0.3, 0.4) is 0 Å². The molecular weight excluding hydrogens is 264 g/mol. The molecule has 0 unspecified atom stereocenters. The molecule has 3 rings (SSSR count). The highest BCUT2D eigenvalue weighted by molar-refractivity contribution is 6.35. The number of fused-ring (bicyclic) bond motifs is 2. The highest BCUT2D eigenvalue weighted by atomic mass is 35.5. The van der Waals surface area contributed by atoms with Gasteiger partial charge in [-0.15, -0.1) is 0 Å². The summed E-state index contributed by atoms with van der Waals surface area (Å²) in [5.41, 5.74) is 1.24. The van der Waals surface area contributed by atoms with Crippen molar-refractivity contribution in [1.82, 2.24) is 0 Å². The summed E-state index contributed by atoms with van der Waals surface area (Å²) in [6.07, 6.45) is 0. The summed E-state index contributed by atoms with van der Waals surface area (Å²) < 4.78 is 0. The first-order chi connectivity index (χ1) is 9.13. The number of hydrogen-bond donors (Lipinski definition) is 0. The average Bonchev–Trinajstić information content (AvgIpc) is 2.44. The van der Waals surface area contributed by atoms with Crippen LogP contribution < -0.4 is 0 Å². The van der Waals surface area contributed by atoms with Gasteiger partial charge in [0.1, 0.15) is 5.02 Å². The monoisotopic (exact) mass is 269 g/mol. The molecule has 0 amide bonds. The Morgan fingerprint density at radius 3 is 1.95 bits per heavy atom. The Morgan fingerprint density at radius 1 is 0.895 bits per heavy atom. The van der Waals surface area contributed by atoms with Gasteiger partial charge in [-0.2, -0.15) is 0 Å². The predicted octanol–water partition coefficient (Wildman–Crippen LogP) is 3.60. The molecule has 0 bridgehead atoms. The normalized spacial score (nSPS) is 12.6. The standard InChI is InChI=1S/C14H6ClN2O2/c15-11-5-9-10(6-12(11)17-16)14(19)8-4-2-1-3-7(8)13(9)18/h1-6H/q+1. The van der Waals surface area contributed by atoms with Crippen LogP contribution in [0.2, 0.25) is 5.02 Å². The zero-order valence-electron chi connectivity index (χ0n) is 9.55. The molecule has 1 aliphatic rings. The van der Waals surface area contributed by atoms with Crippen molar-refractivity contribution >= 4 is 28.9 Å². The Labute approximate surface area is 113 Å². The third kappa shape index (κ3) is 1.56. The van der Waals surface area contributed by atoms with Gasteiger partial charge in [-0.1, -0.05) is 35.9 Å². The van der Waals surface area contributed by atoms with Crippen LogP contribution in [0.5, 0.6) is 0 Å². The van der Waals surface area contributed by atoms with Crippen molar-refractivity contribution in [3.63, 3.8) is 0 Å². The summed E-state index contributed by atoms with van der Waals surface area (Å²) in [6.45, 7) is 0. The molecule has 0 fully saturated rings. The Morgan fingerprint density at radius 2 is 1.42 bits per heavy atom. The second-order valence-corrected chi connectivity index (χ2v) is 4.56. The number of ketones is 2. The van der Waals surface area contributed by atoms with E-state index in [-0.39, 0.29) is 33.4 Å². The number of hydrogen-bond acceptors (Lipinski definition) is 3. The van der Waals surface area contributed by atoms with E-state index in [0.29, 0.717) is 11.1 Å². The summed E-state index contributed by atoms with van der Waals surface area (Å²) in [5.74, 6) is -0.525. The molecule has 90 valence electrons. The van der Waals surface area contributed by atoms with Crippen molar-refractivity contribution < 1.29 is 9.59 Å². The Balaban J connectivity index is 2.34. The SMILES string of the molecule is N#[N+]c1cc2c(cc1Cl)C(=O)c1ccccc1C2=O. The lowest BCUT2D eigenvalue weighted by Gasteiger charge is -2.16. The lowest BCUT2D eigenvalue weighted by molar-refractivity contribution is 0.0979. The van der Waals surface area contributed by atoms with Gasteiger partial charge in [0.15, 0.2) is 16.5 Å². The molecule has 2 aromatic carbocycles. The number of carbonyl (C=O) groups excluding carboxylic acids is 2. The second-order valence-electron chi connectivity index (χ2n) is 4.15. The van der Waals surface area contributed by atoms with Crippen molar-refractivity contribution in [3.05, 3.63) is 68.7 Å². The largest absolute Gasteiger partial charge is 0.404 e. The first kappa shape index (κ1) is 11.6. The minimum absolute atomic E-state index is 0.0703. The summed E-state index contributed by atoms with van der Waals surface area (Å²) in [7, 11) is 0. The molecule has 0 heterocycles. The van der Waals surface area contributed by atoms with Crippen LogP contribution in [0.4, 0.5) is 5.69 Å². The van der Waals surface area contributed by atoms with Crippen LogP contribution >= 0.6 is 11.6 Å². The fourth-order valence-corrected chi connectivity index (χ4v) is 2.38. The van der Waals surface area contributed by atoms with Crippen molar-refractivity contribution in [1.29, 1.82) is 5.39 Å². The van der Waals surface area contributed by atoms with E-state index in [0.717, 1.165) is 0 Å². The summed E-state index contributed by atoms with van der Waals surface area (Å²) >= 11 is 5.88. The van der Waals surface area contributed by atoms with Gasteiger partial charge < -0.3 is 0 Å². The maximum absolute atomic E-state index is 12.3. The molecule has 0 spiro atoms. The first-order valence-corrected chi connectivity index (χ1v) is 5.88. The van der Waals surface area contributed by atoms with Gasteiger partial charge in [-0.25, -0.2) is 0 Å². The van der Waals surface area contributed by atoms with E-state index in [9.17, 15) is 9.59 Å². The minimum Gasteiger partial charge on any atom is -0.289 e. The lowest BCUT2D eigenvalue weighted by atomic mass is 9.84. The molecule has 0 saturated carbocycles. The number of diazo groups is 1. The van der Waals surface area contributed by atoms with E-state index in [1.165, 1.54) is 12.1 Å². The van der Waals surface area contributed by atoms with Gasteiger partial charge >= 0.3 is 5.69 Å². The molecule has 0 radical (unpaired) electrons. The molecule has 2 aromatic rings. The molecule has 0 saturated heterocycles. The van der Waals surface area contributed by atoms with Crippen LogP contribution in [0.1, 0.15) is 31.8 Å². The zero-order chi connectivity index (χ0) is 13.6. The number of nitrogens with zero attached hydrogens (tertiary/aromatic N) is 2. The molecule has 4 nitrogen and oxygen atoms in total. The van der Waals surface area contributed by atoms with Crippen molar-refractivity contribution in [2.24, 2.45) is 0 Å². The van der Waals surface area contributed by atoms with Crippen molar-refractivity contribution in [2.75, 3.05) is 0 Å². The van der Waals surface area contributed by atoms with Gasteiger partial charge in [-0.3, -0.25) is 9.59 Å². The average molecular weight is 270 g/mol. The fraction of sp³-hybridized carbons (Fsp3) is 0. The number of benzene rings is 2. The molecule has 0 aliphatic heterocycles. The molecule has 19 heavy (non-hydrogen) atoms. The molecule has 5 heteroatoms. The zero-order valence-corrected chi connectivity index (χ0v) is 10.3. The van der Waals surface area contributed by atoms with E-state index in [2.05, 4.69) is 4.98 Å². The Hall–Kier alpha value is -2.51. The summed E-state index contributed by atoms with van der Waals surface area (Å²) in [4.78, 5) is 27.6. The molecule has 0 N–H and O–H groups in total. The van der Waals surface area contributed by atoms with E-state index in [4.69, 9.17) is 17.0 Å². The molecule has 0 atom stereocenters. The first-order valence-electron chi connectivity index (χ1n) is 5.50. The van der Waals surface area contributed by atoms with Crippen molar-refractivity contribution in [3.8, 4) is 0 Å². The van der Waals surface area contributed by atoms with Gasteiger partial charge in [0, 0.05) is 28.3 Å². The Bertz CT molecular complexity index is 791. The van der Waals surface area contributed by atoms with Crippen LogP contribution in [0.15, 0.2) is 36.4 Å².